The smallest absolute Gasteiger partial charge is 0.0540 e. The Morgan fingerprint density at radius 1 is 0.304 bits per heavy atom. The molecule has 10 rings (SSSR count). The number of hydrogen-bond donors (Lipinski definition) is 0. The van der Waals surface area contributed by atoms with Crippen LogP contribution in [0.25, 0.3) is 66.4 Å². The maximum Gasteiger partial charge on any atom is 0.0540 e. The minimum atomic E-state index is -0.0999. The van der Waals surface area contributed by atoms with Crippen LogP contribution in [0.3, 0.4) is 0 Å². The van der Waals surface area contributed by atoms with Crippen LogP contribution in [0.5, 0.6) is 0 Å². The topological polar surface area (TPSA) is 3.24 Å². The van der Waals surface area contributed by atoms with E-state index in [0.717, 1.165) is 17.1 Å². The number of para-hydroxylation sites is 1. The molecule has 266 valence electrons. The number of fused-ring (bicyclic) bond motifs is 4. The fraction of sp³-hybridized carbons (Fsp3) is 0.0545. The largest absolute Gasteiger partial charge is 0.310 e. The third-order valence-electron chi connectivity index (χ3n) is 11.7. The standard InChI is InChI=1S/C55H41N/c1-55(2)52-23-13-11-22-48(52)49-34-33-46(37-53(49)55)56(54-24-14-12-21-47(54)40-15-5-3-6-16-40)45-31-29-39(30-32-45)38-25-27-42(28-26-38)51-36-44-20-10-9-19-43(44)35-50(51)41-17-7-4-8-18-41/h3-37H,1-2H3. The molecule has 56 heavy (non-hydrogen) atoms. The Bertz CT molecular complexity index is 2850. The third-order valence-corrected chi connectivity index (χ3v) is 11.7. The van der Waals surface area contributed by atoms with Crippen molar-refractivity contribution in [2.45, 2.75) is 19.3 Å². The van der Waals surface area contributed by atoms with E-state index in [2.05, 4.69) is 231 Å². The van der Waals surface area contributed by atoms with Gasteiger partial charge in [-0.25, -0.2) is 0 Å². The lowest BCUT2D eigenvalue weighted by atomic mass is 9.82. The van der Waals surface area contributed by atoms with Crippen molar-refractivity contribution < 1.29 is 0 Å². The average Bonchev–Trinajstić information content (AvgIpc) is 3.49. The quantitative estimate of drug-likeness (QED) is 0.159. The van der Waals surface area contributed by atoms with Gasteiger partial charge in [0.2, 0.25) is 0 Å². The van der Waals surface area contributed by atoms with Crippen LogP contribution < -0.4 is 4.90 Å². The lowest BCUT2D eigenvalue weighted by Gasteiger charge is -2.30. The molecular weight excluding hydrogens is 675 g/mol. The molecule has 1 aliphatic rings. The summed E-state index contributed by atoms with van der Waals surface area (Å²) in [5.74, 6) is 0. The zero-order valence-electron chi connectivity index (χ0n) is 31.7. The van der Waals surface area contributed by atoms with Crippen LogP contribution in [-0.2, 0) is 5.41 Å². The minimum Gasteiger partial charge on any atom is -0.310 e. The molecular formula is C55H41N. The molecule has 0 radical (unpaired) electrons. The van der Waals surface area contributed by atoms with Crippen LogP contribution in [0.4, 0.5) is 17.1 Å². The van der Waals surface area contributed by atoms with E-state index in [1.54, 1.807) is 0 Å². The molecule has 0 saturated carbocycles. The number of benzene rings is 9. The first-order valence-electron chi connectivity index (χ1n) is 19.5. The van der Waals surface area contributed by atoms with Crippen LogP contribution >= 0.6 is 0 Å². The van der Waals surface area contributed by atoms with Crippen molar-refractivity contribution in [2.75, 3.05) is 4.90 Å². The first-order valence-corrected chi connectivity index (χ1v) is 19.5. The maximum atomic E-state index is 2.43. The predicted molar refractivity (Wildman–Crippen MR) is 238 cm³/mol. The molecule has 0 aromatic heterocycles. The molecule has 9 aromatic carbocycles. The predicted octanol–water partition coefficient (Wildman–Crippen LogP) is 15.3. The average molecular weight is 716 g/mol. The Kier molecular flexibility index (Phi) is 8.23. The molecule has 0 atom stereocenters. The van der Waals surface area contributed by atoms with Gasteiger partial charge in [0.25, 0.3) is 0 Å². The Balaban J connectivity index is 1.04. The molecule has 0 unspecified atom stereocenters. The van der Waals surface area contributed by atoms with Crippen LogP contribution in [-0.4, -0.2) is 0 Å². The first-order chi connectivity index (χ1) is 27.5. The van der Waals surface area contributed by atoms with Crippen molar-refractivity contribution in [3.05, 3.63) is 223 Å². The Morgan fingerprint density at radius 2 is 0.750 bits per heavy atom. The second-order valence-electron chi connectivity index (χ2n) is 15.4. The lowest BCUT2D eigenvalue weighted by molar-refractivity contribution is 0.660. The summed E-state index contributed by atoms with van der Waals surface area (Å²) in [4.78, 5) is 2.43. The number of rotatable bonds is 7. The molecule has 0 bridgehead atoms. The SMILES string of the molecule is CC1(C)c2ccccc2-c2ccc(N(c3ccc(-c4ccc(-c5cc6ccccc6cc5-c5ccccc5)cc4)cc3)c3ccccc3-c3ccccc3)cc21. The van der Waals surface area contributed by atoms with E-state index in [-0.39, 0.29) is 5.41 Å². The molecule has 0 saturated heterocycles. The van der Waals surface area contributed by atoms with Gasteiger partial charge in [-0.3, -0.25) is 0 Å². The summed E-state index contributed by atoms with van der Waals surface area (Å²) in [5.41, 5.74) is 18.4. The second kappa shape index (κ2) is 13.7. The van der Waals surface area contributed by atoms with E-state index in [9.17, 15) is 0 Å². The van der Waals surface area contributed by atoms with Gasteiger partial charge < -0.3 is 4.90 Å². The van der Waals surface area contributed by atoms with Gasteiger partial charge in [-0.15, -0.1) is 0 Å². The highest BCUT2D eigenvalue weighted by molar-refractivity contribution is 5.97. The molecule has 0 aliphatic heterocycles. The molecule has 1 aliphatic carbocycles. The number of nitrogens with zero attached hydrogens (tertiary/aromatic N) is 1. The van der Waals surface area contributed by atoms with E-state index in [4.69, 9.17) is 0 Å². The monoisotopic (exact) mass is 715 g/mol. The van der Waals surface area contributed by atoms with E-state index < -0.39 is 0 Å². The maximum absolute atomic E-state index is 2.43. The lowest BCUT2D eigenvalue weighted by Crippen LogP contribution is -2.16. The van der Waals surface area contributed by atoms with Crippen molar-refractivity contribution in [3.63, 3.8) is 0 Å². The summed E-state index contributed by atoms with van der Waals surface area (Å²) in [6, 6.07) is 77.6. The summed E-state index contributed by atoms with van der Waals surface area (Å²) < 4.78 is 0. The highest BCUT2D eigenvalue weighted by atomic mass is 15.1. The van der Waals surface area contributed by atoms with Gasteiger partial charge in [0.15, 0.2) is 0 Å². The van der Waals surface area contributed by atoms with Gasteiger partial charge >= 0.3 is 0 Å². The van der Waals surface area contributed by atoms with Gasteiger partial charge in [0, 0.05) is 22.4 Å². The van der Waals surface area contributed by atoms with E-state index in [1.807, 2.05) is 0 Å². The molecule has 1 nitrogen and oxygen atoms in total. The zero-order valence-corrected chi connectivity index (χ0v) is 31.7. The van der Waals surface area contributed by atoms with Crippen molar-refractivity contribution in [1.29, 1.82) is 0 Å². The first kappa shape index (κ1) is 33.6. The van der Waals surface area contributed by atoms with Crippen molar-refractivity contribution >= 4 is 27.8 Å². The fourth-order valence-electron chi connectivity index (χ4n) is 8.77. The highest BCUT2D eigenvalue weighted by Gasteiger charge is 2.35. The molecule has 1 heteroatoms. The Labute approximate surface area is 329 Å². The second-order valence-corrected chi connectivity index (χ2v) is 15.4. The van der Waals surface area contributed by atoms with E-state index >= 15 is 0 Å². The number of anilines is 3. The van der Waals surface area contributed by atoms with Gasteiger partial charge in [-0.05, 0) is 114 Å². The Hall–Kier alpha value is -6.96. The zero-order chi connectivity index (χ0) is 37.6. The van der Waals surface area contributed by atoms with Crippen molar-refractivity contribution in [2.24, 2.45) is 0 Å². The molecule has 0 amide bonds. The van der Waals surface area contributed by atoms with E-state index in [0.29, 0.717) is 0 Å². The van der Waals surface area contributed by atoms with E-state index in [1.165, 1.54) is 77.5 Å². The summed E-state index contributed by atoms with van der Waals surface area (Å²) in [5, 5.41) is 2.50. The van der Waals surface area contributed by atoms with Gasteiger partial charge in [0.05, 0.1) is 5.69 Å². The normalized spacial score (nSPS) is 12.6. The summed E-state index contributed by atoms with van der Waals surface area (Å²) in [7, 11) is 0. The van der Waals surface area contributed by atoms with Gasteiger partial charge in [0.1, 0.15) is 0 Å². The van der Waals surface area contributed by atoms with Crippen LogP contribution in [0.15, 0.2) is 212 Å². The van der Waals surface area contributed by atoms with Gasteiger partial charge in [-0.1, -0.05) is 184 Å². The highest BCUT2D eigenvalue weighted by Crippen LogP contribution is 2.51. The summed E-state index contributed by atoms with van der Waals surface area (Å²) >= 11 is 0. The molecule has 0 fully saturated rings. The molecule has 0 spiro atoms. The molecule has 0 heterocycles. The number of hydrogen-bond acceptors (Lipinski definition) is 1. The summed E-state index contributed by atoms with van der Waals surface area (Å²) in [6.45, 7) is 4.71. The van der Waals surface area contributed by atoms with Crippen molar-refractivity contribution in [3.8, 4) is 55.6 Å². The van der Waals surface area contributed by atoms with Crippen molar-refractivity contribution in [1.82, 2.24) is 0 Å². The van der Waals surface area contributed by atoms with Crippen LogP contribution in [0, 0.1) is 0 Å². The minimum absolute atomic E-state index is 0.0999. The molecule has 9 aromatic rings. The third kappa shape index (κ3) is 5.81. The van der Waals surface area contributed by atoms with Crippen LogP contribution in [0.2, 0.25) is 0 Å². The summed E-state index contributed by atoms with van der Waals surface area (Å²) in [6.07, 6.45) is 0. The molecule has 0 N–H and O–H groups in total. The Morgan fingerprint density at radius 3 is 1.39 bits per heavy atom. The van der Waals surface area contributed by atoms with Gasteiger partial charge in [-0.2, -0.15) is 0 Å². The van der Waals surface area contributed by atoms with Crippen LogP contribution in [0.1, 0.15) is 25.0 Å². The fourth-order valence-corrected chi connectivity index (χ4v) is 8.77.